The van der Waals surface area contributed by atoms with Crippen molar-refractivity contribution in [1.82, 2.24) is 20.3 Å². The van der Waals surface area contributed by atoms with Crippen molar-refractivity contribution in [2.75, 3.05) is 0 Å². The summed E-state index contributed by atoms with van der Waals surface area (Å²) < 4.78 is 32.5. The molecule has 0 radical (unpaired) electrons. The van der Waals surface area contributed by atoms with E-state index in [1.54, 1.807) is 29.7 Å². The molecule has 3 heterocycles. The molecule has 1 amide bonds. The van der Waals surface area contributed by atoms with E-state index in [0.717, 1.165) is 49.9 Å². The minimum absolute atomic E-state index is 0. The number of alkyl carbamates (subject to hydrolysis) is 1. The van der Waals surface area contributed by atoms with Crippen molar-refractivity contribution in [3.05, 3.63) is 127 Å². The lowest BCUT2D eigenvalue weighted by molar-refractivity contribution is 0.0523. The predicted molar refractivity (Wildman–Crippen MR) is 256 cm³/mol. The third kappa shape index (κ3) is 18.0. The molecule has 59 heavy (non-hydrogen) atoms. The van der Waals surface area contributed by atoms with Crippen LogP contribution in [-0.4, -0.2) is 35.1 Å². The van der Waals surface area contributed by atoms with Crippen LogP contribution in [0.1, 0.15) is 80.2 Å². The van der Waals surface area contributed by atoms with Crippen molar-refractivity contribution in [3.8, 4) is 0 Å². The van der Waals surface area contributed by atoms with Gasteiger partial charge in [-0.3, -0.25) is 0 Å². The maximum absolute atomic E-state index is 12.5. The van der Waals surface area contributed by atoms with Gasteiger partial charge < -0.3 is 15.8 Å². The molecule has 3 aromatic heterocycles. The van der Waals surface area contributed by atoms with Gasteiger partial charge in [-0.1, -0.05) is 94.1 Å². The first-order chi connectivity index (χ1) is 27.6. The summed E-state index contributed by atoms with van der Waals surface area (Å²) in [5.41, 5.74) is 8.55. The van der Waals surface area contributed by atoms with Crippen molar-refractivity contribution < 1.29 is 17.9 Å². The van der Waals surface area contributed by atoms with Gasteiger partial charge in [0.1, 0.15) is 19.8 Å². The first-order valence-corrected chi connectivity index (χ1v) is 24.6. The van der Waals surface area contributed by atoms with E-state index in [4.69, 9.17) is 10.5 Å². The zero-order valence-electron chi connectivity index (χ0n) is 34.2. The van der Waals surface area contributed by atoms with E-state index in [-0.39, 0.29) is 23.2 Å². The number of aryl methyl sites for hydroxylation is 4. The number of thiazole rings is 3. The Morgan fingerprint density at radius 3 is 1.88 bits per heavy atom. The molecular formula is C42H53BrClN5O4S6. The van der Waals surface area contributed by atoms with Gasteiger partial charge in [0.15, 0.2) is 0 Å². The number of rotatable bonds is 11. The molecule has 3 N–H and O–H groups in total. The Bertz CT molecular complexity index is 2270. The number of nitrogens with zero attached hydrogens (tertiary/aromatic N) is 3. The van der Waals surface area contributed by atoms with E-state index in [1.807, 2.05) is 76.0 Å². The van der Waals surface area contributed by atoms with Crippen LogP contribution in [0, 0.1) is 0 Å². The van der Waals surface area contributed by atoms with Gasteiger partial charge in [-0.05, 0) is 97.3 Å². The number of carbonyl (C=O) groups excluding carboxylic acids is 1. The van der Waals surface area contributed by atoms with E-state index >= 15 is 0 Å². The van der Waals surface area contributed by atoms with Crippen molar-refractivity contribution in [2.45, 2.75) is 116 Å². The largest absolute Gasteiger partial charge is 0.444 e. The Balaban J connectivity index is 0.000000276. The number of aromatic nitrogens is 3. The first-order valence-electron chi connectivity index (χ1n) is 18.7. The zero-order chi connectivity index (χ0) is 42.7. The minimum Gasteiger partial charge on any atom is -0.444 e. The Labute approximate surface area is 386 Å². The molecule has 0 fully saturated rings. The molecule has 0 unspecified atom stereocenters. The molecule has 0 spiro atoms. The molecule has 0 aliphatic heterocycles. The number of nitrogens with two attached hydrogens (primary N) is 1. The number of amides is 1. The Hall–Kier alpha value is -2.80. The molecule has 3 aromatic carbocycles. The van der Waals surface area contributed by atoms with E-state index in [9.17, 15) is 13.2 Å². The summed E-state index contributed by atoms with van der Waals surface area (Å²) >= 11 is 13.8. The van der Waals surface area contributed by atoms with E-state index in [2.05, 4.69) is 99.9 Å². The minimum atomic E-state index is -3.47. The predicted octanol–water partition coefficient (Wildman–Crippen LogP) is 12.3. The van der Waals surface area contributed by atoms with Gasteiger partial charge in [0, 0.05) is 16.3 Å². The van der Waals surface area contributed by atoms with Crippen LogP contribution in [0.15, 0.2) is 118 Å². The molecule has 0 saturated carbocycles. The van der Waals surface area contributed by atoms with Crippen molar-refractivity contribution >= 4 is 103 Å². The van der Waals surface area contributed by atoms with E-state index in [1.165, 1.54) is 42.8 Å². The zero-order valence-corrected chi connectivity index (χ0v) is 41.6. The van der Waals surface area contributed by atoms with Gasteiger partial charge in [0.25, 0.3) is 0 Å². The lowest BCUT2D eigenvalue weighted by atomic mass is 10.2. The van der Waals surface area contributed by atoms with Crippen LogP contribution in [0.2, 0.25) is 0 Å². The molecular weight excluding hydrogens is 946 g/mol. The molecule has 0 atom stereocenters. The summed E-state index contributed by atoms with van der Waals surface area (Å²) in [7, 11) is -3.47. The van der Waals surface area contributed by atoms with Crippen LogP contribution in [0.25, 0.3) is 0 Å². The number of ether oxygens (including phenoxy) is 1. The summed E-state index contributed by atoms with van der Waals surface area (Å²) in [4.78, 5) is 26.6. The van der Waals surface area contributed by atoms with Crippen LogP contribution in [-0.2, 0) is 53.3 Å². The molecule has 0 bridgehead atoms. The average molecular weight is 1000 g/mol. The number of hydrogen-bond donors (Lipinski definition) is 3. The number of nitrogens with one attached hydrogen (secondary N) is 1. The van der Waals surface area contributed by atoms with Crippen molar-refractivity contribution in [3.63, 3.8) is 0 Å². The van der Waals surface area contributed by atoms with E-state index in [0.29, 0.717) is 22.9 Å². The van der Waals surface area contributed by atoms with Gasteiger partial charge in [0.2, 0.25) is 9.84 Å². The third-order valence-electron chi connectivity index (χ3n) is 7.69. The SMILES string of the molecule is CC(C)(C)OC(=O)NCc1ncc(Br)s1.CCc1ccccc1S.CCc1ccccc1S(=O)(=O)c1cnc(CN)s1.CCc1ncc(Sc2ccccc2CC)s1.Cl. The van der Waals surface area contributed by atoms with Gasteiger partial charge in [-0.2, -0.15) is 0 Å². The highest BCUT2D eigenvalue weighted by Gasteiger charge is 2.23. The summed E-state index contributed by atoms with van der Waals surface area (Å²) in [5, 5.41) is 5.32. The number of thiol groups is 1. The quantitative estimate of drug-likeness (QED) is 0.108. The number of sulfone groups is 1. The fourth-order valence-electron chi connectivity index (χ4n) is 4.83. The van der Waals surface area contributed by atoms with Gasteiger partial charge in [-0.15, -0.1) is 59.0 Å². The highest BCUT2D eigenvalue weighted by atomic mass is 79.9. The molecule has 6 aromatic rings. The maximum atomic E-state index is 12.5. The van der Waals surface area contributed by atoms with Gasteiger partial charge in [-0.25, -0.2) is 28.2 Å². The summed E-state index contributed by atoms with van der Waals surface area (Å²) in [6.07, 6.45) is 8.52. The number of benzene rings is 3. The van der Waals surface area contributed by atoms with Crippen LogP contribution in [0.5, 0.6) is 0 Å². The number of carbonyl (C=O) groups is 1. The fourth-order valence-corrected chi connectivity index (χ4v) is 11.3. The van der Waals surface area contributed by atoms with Crippen LogP contribution < -0.4 is 11.1 Å². The maximum Gasteiger partial charge on any atom is 0.408 e. The lowest BCUT2D eigenvalue weighted by Crippen LogP contribution is -2.32. The lowest BCUT2D eigenvalue weighted by Gasteiger charge is -2.19. The Kier molecular flexibility index (Phi) is 23.5. The second kappa shape index (κ2) is 26.5. The normalized spacial score (nSPS) is 10.7. The Morgan fingerprint density at radius 2 is 1.36 bits per heavy atom. The second-order valence-electron chi connectivity index (χ2n) is 13.1. The summed E-state index contributed by atoms with van der Waals surface area (Å²) in [6.45, 7) is 14.5. The highest BCUT2D eigenvalue weighted by molar-refractivity contribution is 9.11. The molecule has 9 nitrogen and oxygen atoms in total. The second-order valence-corrected chi connectivity index (χ2v) is 21.8. The topological polar surface area (TPSA) is 137 Å². The molecule has 0 saturated heterocycles. The fraction of sp³-hybridized carbons (Fsp3) is 0.333. The van der Waals surface area contributed by atoms with E-state index < -0.39 is 21.5 Å². The van der Waals surface area contributed by atoms with Gasteiger partial charge in [0.05, 0.1) is 43.0 Å². The summed E-state index contributed by atoms with van der Waals surface area (Å²) in [6, 6.07) is 23.8. The standard InChI is InChI=1S/C13H15NS2.C12H14N2O2S2.C9H13BrN2O2S.C8H10S.ClH/c1-3-10-7-5-6-8-11(10)15-13-9-14-12(4-2)16-13;1-2-9-5-3-4-6-10(9)18(15,16)12-8-14-11(7-13)17-12;1-9(2,3)14-8(13)12-5-7-11-4-6(10)15-7;1-2-7-5-3-4-6-8(7)9;/h5-9H,3-4H2,1-2H3;3-6,8H,2,7,13H2,1H3;4H,5H2,1-3H3,(H,12,13);3-6,9H,2H2,1H3;1H. The van der Waals surface area contributed by atoms with Crippen LogP contribution in [0.3, 0.4) is 0 Å². The summed E-state index contributed by atoms with van der Waals surface area (Å²) in [5.74, 6) is 0. The monoisotopic (exact) mass is 997 g/mol. The number of hydrogen-bond acceptors (Lipinski definition) is 13. The molecule has 0 aliphatic carbocycles. The molecule has 6 rings (SSSR count). The van der Waals surface area contributed by atoms with Crippen molar-refractivity contribution in [2.24, 2.45) is 5.73 Å². The van der Waals surface area contributed by atoms with Crippen LogP contribution in [0.4, 0.5) is 4.79 Å². The first kappa shape index (κ1) is 52.3. The highest BCUT2D eigenvalue weighted by Crippen LogP contribution is 2.34. The Morgan fingerprint density at radius 1 is 0.780 bits per heavy atom. The molecule has 320 valence electrons. The van der Waals surface area contributed by atoms with Crippen LogP contribution >= 0.6 is 86.7 Å². The smallest absolute Gasteiger partial charge is 0.408 e. The molecule has 17 heteroatoms. The molecule has 0 aliphatic rings. The van der Waals surface area contributed by atoms with Gasteiger partial charge >= 0.3 is 6.09 Å². The third-order valence-corrected chi connectivity index (χ3v) is 15.3. The van der Waals surface area contributed by atoms with Crippen molar-refractivity contribution in [1.29, 1.82) is 0 Å². The average Bonchev–Trinajstić information content (AvgIpc) is 3.99. The number of halogens is 2.